The van der Waals surface area contributed by atoms with Gasteiger partial charge in [0.2, 0.25) is 5.69 Å². The van der Waals surface area contributed by atoms with E-state index in [1.165, 1.54) is 53.8 Å². The first-order valence-electron chi connectivity index (χ1n) is 9.25. The molecule has 0 atom stereocenters. The van der Waals surface area contributed by atoms with Crippen molar-refractivity contribution in [1.82, 2.24) is 4.98 Å². The lowest BCUT2D eigenvalue weighted by atomic mass is 10.0. The molecule has 2 nitrogen and oxygen atoms in total. The number of nitrogens with zero attached hydrogens (tertiary/aromatic N) is 2. The summed E-state index contributed by atoms with van der Waals surface area (Å²) in [5.41, 5.74) is 7.34. The van der Waals surface area contributed by atoms with Crippen LogP contribution in [0.5, 0.6) is 0 Å². The van der Waals surface area contributed by atoms with Crippen LogP contribution >= 0.6 is 0 Å². The summed E-state index contributed by atoms with van der Waals surface area (Å²) in [6.45, 7) is 2.16. The first-order chi connectivity index (χ1) is 12.2. The fourth-order valence-corrected chi connectivity index (χ4v) is 3.96. The Morgan fingerprint density at radius 2 is 1.72 bits per heavy atom. The van der Waals surface area contributed by atoms with Gasteiger partial charge in [-0.3, -0.25) is 4.98 Å². The molecule has 0 bridgehead atoms. The second kappa shape index (κ2) is 6.79. The van der Waals surface area contributed by atoms with E-state index in [0.29, 0.717) is 5.92 Å². The average molecular weight is 329 g/mol. The zero-order chi connectivity index (χ0) is 17.2. The third kappa shape index (κ3) is 3.21. The van der Waals surface area contributed by atoms with Crippen LogP contribution in [0.1, 0.15) is 42.9 Å². The molecule has 2 heteroatoms. The van der Waals surface area contributed by atoms with Gasteiger partial charge in [-0.05, 0) is 49.6 Å². The summed E-state index contributed by atoms with van der Waals surface area (Å²) in [4.78, 5) is 4.97. The Morgan fingerprint density at radius 3 is 2.48 bits per heavy atom. The van der Waals surface area contributed by atoms with E-state index in [2.05, 4.69) is 79.3 Å². The minimum atomic E-state index is 0.653. The zero-order valence-corrected chi connectivity index (χ0v) is 15.1. The molecule has 0 saturated heterocycles. The van der Waals surface area contributed by atoms with Gasteiger partial charge in [0, 0.05) is 23.2 Å². The Labute approximate surface area is 150 Å². The average Bonchev–Trinajstić information content (AvgIpc) is 3.17. The normalized spacial score (nSPS) is 14.8. The molecule has 1 aliphatic carbocycles. The van der Waals surface area contributed by atoms with Gasteiger partial charge in [-0.15, -0.1) is 0 Å². The molecule has 4 rings (SSSR count). The SMILES string of the molecule is Cc1ccccc1-c1ccc(-c2cccc(C3CCCC3)n2)c[n+]1C. The van der Waals surface area contributed by atoms with Crippen LogP contribution in [0.3, 0.4) is 0 Å². The van der Waals surface area contributed by atoms with E-state index in [4.69, 9.17) is 4.98 Å². The molecule has 2 heterocycles. The number of aromatic nitrogens is 2. The molecule has 3 aromatic rings. The number of aryl methyl sites for hydroxylation is 2. The molecular weight excluding hydrogens is 304 g/mol. The fourth-order valence-electron chi connectivity index (χ4n) is 3.96. The highest BCUT2D eigenvalue weighted by atomic mass is 14.9. The summed E-state index contributed by atoms with van der Waals surface area (Å²) < 4.78 is 2.21. The van der Waals surface area contributed by atoms with Crippen molar-refractivity contribution in [3.63, 3.8) is 0 Å². The Hall–Kier alpha value is -2.48. The molecule has 0 N–H and O–H groups in total. The Morgan fingerprint density at radius 1 is 0.920 bits per heavy atom. The molecule has 126 valence electrons. The molecule has 0 amide bonds. The van der Waals surface area contributed by atoms with Crippen molar-refractivity contribution in [2.75, 3.05) is 0 Å². The maximum Gasteiger partial charge on any atom is 0.212 e. The van der Waals surface area contributed by atoms with E-state index in [0.717, 1.165) is 5.69 Å². The van der Waals surface area contributed by atoms with E-state index in [-0.39, 0.29) is 0 Å². The lowest BCUT2D eigenvalue weighted by Crippen LogP contribution is -2.30. The van der Waals surface area contributed by atoms with E-state index in [9.17, 15) is 0 Å². The van der Waals surface area contributed by atoms with Gasteiger partial charge in [-0.1, -0.05) is 37.1 Å². The summed E-state index contributed by atoms with van der Waals surface area (Å²) >= 11 is 0. The van der Waals surface area contributed by atoms with Gasteiger partial charge in [-0.2, -0.15) is 0 Å². The van der Waals surface area contributed by atoms with Gasteiger partial charge < -0.3 is 0 Å². The van der Waals surface area contributed by atoms with Crippen molar-refractivity contribution in [3.05, 3.63) is 72.1 Å². The number of hydrogen-bond donors (Lipinski definition) is 0. The van der Waals surface area contributed by atoms with Crippen molar-refractivity contribution < 1.29 is 4.57 Å². The number of rotatable bonds is 3. The molecule has 1 fully saturated rings. The fraction of sp³-hybridized carbons (Fsp3) is 0.304. The third-order valence-electron chi connectivity index (χ3n) is 5.39. The van der Waals surface area contributed by atoms with Crippen molar-refractivity contribution in [2.24, 2.45) is 7.05 Å². The maximum absolute atomic E-state index is 4.97. The second-order valence-electron chi connectivity index (χ2n) is 7.16. The molecule has 1 aromatic carbocycles. The molecule has 1 aliphatic rings. The van der Waals surface area contributed by atoms with E-state index < -0.39 is 0 Å². The Bertz CT molecular complexity index is 892. The van der Waals surface area contributed by atoms with E-state index in [1.807, 2.05) is 0 Å². The Balaban J connectivity index is 1.69. The van der Waals surface area contributed by atoms with Crippen LogP contribution in [0.15, 0.2) is 60.8 Å². The quantitative estimate of drug-likeness (QED) is 0.603. The van der Waals surface area contributed by atoms with Crippen LogP contribution in [-0.2, 0) is 7.05 Å². The van der Waals surface area contributed by atoms with Crippen LogP contribution in [-0.4, -0.2) is 4.98 Å². The highest BCUT2D eigenvalue weighted by Gasteiger charge is 2.19. The van der Waals surface area contributed by atoms with Crippen LogP contribution in [0.2, 0.25) is 0 Å². The van der Waals surface area contributed by atoms with Crippen LogP contribution in [0.4, 0.5) is 0 Å². The van der Waals surface area contributed by atoms with Crippen molar-refractivity contribution in [1.29, 1.82) is 0 Å². The monoisotopic (exact) mass is 329 g/mol. The summed E-state index contributed by atoms with van der Waals surface area (Å²) in [5.74, 6) is 0.653. The van der Waals surface area contributed by atoms with Crippen molar-refractivity contribution >= 4 is 0 Å². The van der Waals surface area contributed by atoms with Gasteiger partial charge in [0.25, 0.3) is 0 Å². The van der Waals surface area contributed by atoms with Gasteiger partial charge in [0.05, 0.1) is 11.3 Å². The summed E-state index contributed by atoms with van der Waals surface area (Å²) in [5, 5.41) is 0. The molecule has 2 aromatic heterocycles. The molecular formula is C23H25N2+. The summed E-state index contributed by atoms with van der Waals surface area (Å²) in [7, 11) is 2.12. The minimum Gasteiger partial charge on any atom is -0.252 e. The smallest absolute Gasteiger partial charge is 0.212 e. The molecule has 0 aliphatic heterocycles. The predicted octanol–water partition coefficient (Wildman–Crippen LogP) is 5.21. The van der Waals surface area contributed by atoms with Crippen LogP contribution < -0.4 is 4.57 Å². The third-order valence-corrected chi connectivity index (χ3v) is 5.39. The van der Waals surface area contributed by atoms with Gasteiger partial charge in [-0.25, -0.2) is 4.57 Å². The largest absolute Gasteiger partial charge is 0.252 e. The second-order valence-corrected chi connectivity index (χ2v) is 7.16. The molecule has 1 saturated carbocycles. The highest BCUT2D eigenvalue weighted by Crippen LogP contribution is 2.33. The zero-order valence-electron chi connectivity index (χ0n) is 15.1. The lowest BCUT2D eigenvalue weighted by Gasteiger charge is -2.10. The topological polar surface area (TPSA) is 16.8 Å². The predicted molar refractivity (Wildman–Crippen MR) is 102 cm³/mol. The Kier molecular flexibility index (Phi) is 4.35. The summed E-state index contributed by atoms with van der Waals surface area (Å²) in [6, 6.07) is 19.4. The van der Waals surface area contributed by atoms with Crippen molar-refractivity contribution in [2.45, 2.75) is 38.5 Å². The first-order valence-corrected chi connectivity index (χ1v) is 9.25. The minimum absolute atomic E-state index is 0.653. The number of benzene rings is 1. The van der Waals surface area contributed by atoms with E-state index >= 15 is 0 Å². The highest BCUT2D eigenvalue weighted by molar-refractivity contribution is 5.64. The number of hydrogen-bond acceptors (Lipinski definition) is 1. The molecule has 25 heavy (non-hydrogen) atoms. The standard InChI is InChI=1S/C23H25N2/c1-17-8-3-6-11-20(17)23-15-14-19(16-25(23)2)22-13-7-12-21(24-22)18-9-4-5-10-18/h3,6-8,11-16,18H,4-5,9-10H2,1-2H3/q+1. The van der Waals surface area contributed by atoms with Crippen LogP contribution in [0.25, 0.3) is 22.5 Å². The summed E-state index contributed by atoms with van der Waals surface area (Å²) in [6.07, 6.45) is 7.46. The van der Waals surface area contributed by atoms with Crippen LogP contribution in [0, 0.1) is 6.92 Å². The van der Waals surface area contributed by atoms with E-state index in [1.54, 1.807) is 0 Å². The number of pyridine rings is 2. The van der Waals surface area contributed by atoms with Crippen molar-refractivity contribution in [3.8, 4) is 22.5 Å². The molecule has 0 radical (unpaired) electrons. The molecule has 0 unspecified atom stereocenters. The van der Waals surface area contributed by atoms with Gasteiger partial charge in [0.1, 0.15) is 7.05 Å². The first kappa shape index (κ1) is 16.0. The molecule has 0 spiro atoms. The maximum atomic E-state index is 4.97. The van der Waals surface area contributed by atoms with Gasteiger partial charge in [0.15, 0.2) is 6.20 Å². The lowest BCUT2D eigenvalue weighted by molar-refractivity contribution is -0.659. The van der Waals surface area contributed by atoms with Gasteiger partial charge >= 0.3 is 0 Å².